The quantitative estimate of drug-likeness (QED) is 0.680. The molecule has 2 rings (SSSR count). The van der Waals surface area contributed by atoms with Crippen LogP contribution >= 0.6 is 38.9 Å². The van der Waals surface area contributed by atoms with E-state index in [2.05, 4.69) is 64.7 Å². The number of halogens is 2. The van der Waals surface area contributed by atoms with Gasteiger partial charge in [-0.1, -0.05) is 46.6 Å². The van der Waals surface area contributed by atoms with E-state index < -0.39 is 0 Å². The summed E-state index contributed by atoms with van der Waals surface area (Å²) in [4.78, 5) is 1.25. The van der Waals surface area contributed by atoms with Crippen molar-refractivity contribution in [3.05, 3.63) is 55.1 Å². The maximum atomic E-state index is 6.44. The topological polar surface area (TPSA) is 12.0 Å². The highest BCUT2D eigenvalue weighted by Crippen LogP contribution is 2.34. The first-order valence-corrected chi connectivity index (χ1v) is 8.88. The molecule has 0 spiro atoms. The van der Waals surface area contributed by atoms with Crippen LogP contribution in [0.1, 0.15) is 35.4 Å². The fraction of sp³-hybridized carbons (Fsp3) is 0.375. The zero-order valence-electron chi connectivity index (χ0n) is 11.7. The second-order valence-electron chi connectivity index (χ2n) is 4.93. The van der Waals surface area contributed by atoms with Crippen LogP contribution in [-0.4, -0.2) is 6.54 Å². The van der Waals surface area contributed by atoms with Crippen molar-refractivity contribution in [3.8, 4) is 0 Å². The fourth-order valence-electron chi connectivity index (χ4n) is 2.12. The summed E-state index contributed by atoms with van der Waals surface area (Å²) in [7, 11) is 0. The summed E-state index contributed by atoms with van der Waals surface area (Å²) in [5, 5.41) is 6.67. The van der Waals surface area contributed by atoms with Gasteiger partial charge in [-0.15, -0.1) is 11.3 Å². The van der Waals surface area contributed by atoms with Crippen LogP contribution in [0, 0.1) is 6.92 Å². The SMILES string of the molecule is CCCNC(Cc1ccc(Br)cc1)c1scc(C)c1Cl. The second kappa shape index (κ2) is 7.60. The average Bonchev–Trinajstić information content (AvgIpc) is 2.77. The standard InChI is InChI=1S/C16H19BrClNS/c1-3-8-19-14(16-15(18)11(2)10-20-16)9-12-4-6-13(17)7-5-12/h4-7,10,14,19H,3,8-9H2,1-2H3. The molecular formula is C16H19BrClNS. The number of nitrogens with one attached hydrogen (secondary N) is 1. The number of hydrogen-bond acceptors (Lipinski definition) is 2. The number of thiophene rings is 1. The third-order valence-corrected chi connectivity index (χ3v) is 5.59. The molecule has 4 heteroatoms. The van der Waals surface area contributed by atoms with Gasteiger partial charge in [0.2, 0.25) is 0 Å². The molecule has 0 aliphatic rings. The Labute approximate surface area is 138 Å². The minimum Gasteiger partial charge on any atom is -0.309 e. The molecule has 0 aliphatic carbocycles. The van der Waals surface area contributed by atoms with E-state index in [-0.39, 0.29) is 0 Å². The molecular weight excluding hydrogens is 354 g/mol. The van der Waals surface area contributed by atoms with Crippen LogP contribution in [0.25, 0.3) is 0 Å². The summed E-state index contributed by atoms with van der Waals surface area (Å²) in [5.41, 5.74) is 2.50. The van der Waals surface area contributed by atoms with Crippen molar-refractivity contribution in [2.45, 2.75) is 32.7 Å². The summed E-state index contributed by atoms with van der Waals surface area (Å²) >= 11 is 11.7. The van der Waals surface area contributed by atoms with Gasteiger partial charge in [0, 0.05) is 15.4 Å². The second-order valence-corrected chi connectivity index (χ2v) is 7.14. The molecule has 1 N–H and O–H groups in total. The van der Waals surface area contributed by atoms with E-state index in [1.165, 1.54) is 16.0 Å². The summed E-state index contributed by atoms with van der Waals surface area (Å²) in [6.07, 6.45) is 2.09. The molecule has 20 heavy (non-hydrogen) atoms. The normalized spacial score (nSPS) is 12.6. The Morgan fingerprint density at radius 2 is 2.00 bits per heavy atom. The van der Waals surface area contributed by atoms with Gasteiger partial charge in [-0.3, -0.25) is 0 Å². The summed E-state index contributed by atoms with van der Waals surface area (Å²) in [6, 6.07) is 8.81. The van der Waals surface area contributed by atoms with Crippen LogP contribution < -0.4 is 5.32 Å². The van der Waals surface area contributed by atoms with Crippen LogP contribution in [0.2, 0.25) is 5.02 Å². The van der Waals surface area contributed by atoms with E-state index in [0.717, 1.165) is 28.9 Å². The summed E-state index contributed by atoms with van der Waals surface area (Å²) in [6.45, 7) is 5.26. The summed E-state index contributed by atoms with van der Waals surface area (Å²) < 4.78 is 1.12. The Balaban J connectivity index is 2.19. The maximum Gasteiger partial charge on any atom is 0.0590 e. The Hall–Kier alpha value is -0.350. The van der Waals surface area contributed by atoms with Crippen molar-refractivity contribution in [2.75, 3.05) is 6.54 Å². The van der Waals surface area contributed by atoms with Gasteiger partial charge in [0.05, 0.1) is 5.02 Å². The van der Waals surface area contributed by atoms with Crippen molar-refractivity contribution in [1.82, 2.24) is 5.32 Å². The predicted molar refractivity (Wildman–Crippen MR) is 92.9 cm³/mol. The molecule has 0 aliphatic heterocycles. The molecule has 1 nitrogen and oxygen atoms in total. The molecule has 1 aromatic heterocycles. The highest BCUT2D eigenvalue weighted by atomic mass is 79.9. The first-order chi connectivity index (χ1) is 9.61. The first-order valence-electron chi connectivity index (χ1n) is 6.83. The van der Waals surface area contributed by atoms with Gasteiger partial charge in [-0.2, -0.15) is 0 Å². The Morgan fingerprint density at radius 3 is 2.55 bits per heavy atom. The maximum absolute atomic E-state index is 6.44. The van der Waals surface area contributed by atoms with E-state index in [4.69, 9.17) is 11.6 Å². The van der Waals surface area contributed by atoms with Gasteiger partial charge in [0.1, 0.15) is 0 Å². The highest BCUT2D eigenvalue weighted by molar-refractivity contribution is 9.10. The lowest BCUT2D eigenvalue weighted by Crippen LogP contribution is -2.23. The summed E-state index contributed by atoms with van der Waals surface area (Å²) in [5.74, 6) is 0. The predicted octanol–water partition coefficient (Wildman–Crippen LogP) is 5.76. The third kappa shape index (κ3) is 4.08. The molecule has 1 unspecified atom stereocenters. The monoisotopic (exact) mass is 371 g/mol. The van der Waals surface area contributed by atoms with Crippen LogP contribution in [0.5, 0.6) is 0 Å². The third-order valence-electron chi connectivity index (χ3n) is 3.24. The number of benzene rings is 1. The highest BCUT2D eigenvalue weighted by Gasteiger charge is 2.18. The molecule has 0 saturated heterocycles. The molecule has 1 aromatic carbocycles. The molecule has 2 aromatic rings. The van der Waals surface area contributed by atoms with Crippen LogP contribution in [-0.2, 0) is 6.42 Å². The molecule has 0 radical (unpaired) electrons. The Bertz CT molecular complexity index is 550. The van der Waals surface area contributed by atoms with Gasteiger partial charge in [-0.05, 0) is 54.9 Å². The number of rotatable bonds is 6. The van der Waals surface area contributed by atoms with Crippen molar-refractivity contribution >= 4 is 38.9 Å². The van der Waals surface area contributed by atoms with E-state index >= 15 is 0 Å². The molecule has 1 heterocycles. The van der Waals surface area contributed by atoms with Gasteiger partial charge in [0.15, 0.2) is 0 Å². The van der Waals surface area contributed by atoms with Crippen molar-refractivity contribution in [3.63, 3.8) is 0 Å². The van der Waals surface area contributed by atoms with E-state index in [9.17, 15) is 0 Å². The van der Waals surface area contributed by atoms with E-state index in [0.29, 0.717) is 6.04 Å². The Kier molecular flexibility index (Phi) is 6.09. The van der Waals surface area contributed by atoms with Crippen LogP contribution in [0.3, 0.4) is 0 Å². The van der Waals surface area contributed by atoms with E-state index in [1.807, 2.05) is 0 Å². The first kappa shape index (κ1) is 16.0. The van der Waals surface area contributed by atoms with Gasteiger partial charge < -0.3 is 5.32 Å². The molecule has 0 fully saturated rings. The van der Waals surface area contributed by atoms with Gasteiger partial charge in [-0.25, -0.2) is 0 Å². The Morgan fingerprint density at radius 1 is 1.30 bits per heavy atom. The molecule has 0 bridgehead atoms. The lowest BCUT2D eigenvalue weighted by atomic mass is 10.0. The molecule has 0 amide bonds. The zero-order valence-corrected chi connectivity index (χ0v) is 14.9. The number of aryl methyl sites for hydroxylation is 1. The molecule has 108 valence electrons. The minimum atomic E-state index is 0.294. The van der Waals surface area contributed by atoms with Gasteiger partial charge >= 0.3 is 0 Å². The largest absolute Gasteiger partial charge is 0.309 e. The molecule has 1 atom stereocenters. The number of hydrogen-bond donors (Lipinski definition) is 1. The van der Waals surface area contributed by atoms with Crippen molar-refractivity contribution in [2.24, 2.45) is 0 Å². The average molecular weight is 373 g/mol. The zero-order chi connectivity index (χ0) is 14.5. The van der Waals surface area contributed by atoms with Crippen molar-refractivity contribution < 1.29 is 0 Å². The van der Waals surface area contributed by atoms with Crippen LogP contribution in [0.15, 0.2) is 34.1 Å². The van der Waals surface area contributed by atoms with Crippen molar-refractivity contribution in [1.29, 1.82) is 0 Å². The fourth-order valence-corrected chi connectivity index (χ4v) is 3.78. The van der Waals surface area contributed by atoms with Crippen LogP contribution in [0.4, 0.5) is 0 Å². The smallest absolute Gasteiger partial charge is 0.0590 e. The lowest BCUT2D eigenvalue weighted by molar-refractivity contribution is 0.536. The van der Waals surface area contributed by atoms with E-state index in [1.54, 1.807) is 11.3 Å². The minimum absolute atomic E-state index is 0.294. The molecule has 0 saturated carbocycles. The van der Waals surface area contributed by atoms with Gasteiger partial charge in [0.25, 0.3) is 0 Å². The lowest BCUT2D eigenvalue weighted by Gasteiger charge is -2.18.